The molecule has 250 valence electrons. The average Bonchev–Trinajstić information content (AvgIpc) is 3.88. The Hall–Kier alpha value is -4.19. The first-order valence-electron chi connectivity index (χ1n) is 14.9. The summed E-state index contributed by atoms with van der Waals surface area (Å²) in [5.41, 5.74) is -0.306. The van der Waals surface area contributed by atoms with E-state index < -0.39 is 50.7 Å². The smallest absolute Gasteiger partial charge is 0.363 e. The van der Waals surface area contributed by atoms with Crippen molar-refractivity contribution in [1.82, 2.24) is 19.1 Å². The lowest BCUT2D eigenvalue weighted by Gasteiger charge is -2.44. The van der Waals surface area contributed by atoms with Crippen LogP contribution in [0.25, 0.3) is 10.9 Å². The first-order valence-corrected chi connectivity index (χ1v) is 17.4. The largest absolute Gasteiger partial charge is 0.484 e. The van der Waals surface area contributed by atoms with Gasteiger partial charge < -0.3 is 24.6 Å². The molecule has 1 aliphatic carbocycles. The number of carboxylic acids is 1. The van der Waals surface area contributed by atoms with E-state index in [1.807, 2.05) is 4.90 Å². The number of β-lactam (4-membered cyclic amide) rings is 1. The van der Waals surface area contributed by atoms with Gasteiger partial charge in [0.05, 0.1) is 11.2 Å². The van der Waals surface area contributed by atoms with Crippen LogP contribution in [0.3, 0.4) is 0 Å². The van der Waals surface area contributed by atoms with Crippen LogP contribution in [0.1, 0.15) is 29.2 Å². The highest BCUT2D eigenvalue weighted by Crippen LogP contribution is 2.38. The number of carbonyl (C=O) groups is 3. The summed E-state index contributed by atoms with van der Waals surface area (Å²) < 4.78 is 56.2. The Morgan fingerprint density at radius 2 is 1.77 bits per heavy atom. The quantitative estimate of drug-likeness (QED) is 0.185. The van der Waals surface area contributed by atoms with Gasteiger partial charge in [0.2, 0.25) is 5.43 Å². The number of aromatic nitrogens is 1. The van der Waals surface area contributed by atoms with Crippen molar-refractivity contribution in [3.05, 3.63) is 70.3 Å². The van der Waals surface area contributed by atoms with E-state index in [0.717, 1.165) is 30.7 Å². The van der Waals surface area contributed by atoms with Gasteiger partial charge in [-0.1, -0.05) is 18.2 Å². The van der Waals surface area contributed by atoms with E-state index in [-0.39, 0.29) is 23.6 Å². The van der Waals surface area contributed by atoms with Gasteiger partial charge in [-0.15, -0.1) is 11.8 Å². The molecule has 14 nitrogen and oxygen atoms in total. The summed E-state index contributed by atoms with van der Waals surface area (Å²) >= 11 is 1.10. The molecule has 1 aromatic heterocycles. The summed E-state index contributed by atoms with van der Waals surface area (Å²) in [5, 5.41) is 11.0. The third kappa shape index (κ3) is 6.93. The monoisotopic (exact) mass is 689 g/mol. The zero-order valence-electron chi connectivity index (χ0n) is 25.0. The molecule has 0 spiro atoms. The van der Waals surface area contributed by atoms with Gasteiger partial charge in [-0.25, -0.2) is 9.18 Å². The molecule has 1 saturated carbocycles. The van der Waals surface area contributed by atoms with Crippen molar-refractivity contribution >= 4 is 56.4 Å². The van der Waals surface area contributed by atoms with Gasteiger partial charge >= 0.3 is 16.3 Å². The molecule has 1 unspecified atom stereocenters. The molecule has 0 radical (unpaired) electrons. The number of carbonyl (C=O) groups excluding carboxylic acids is 2. The SMILES string of the molecule is O=C(COc1ccccc1)N[C@H]1C(=O)N(S(=O)(=O)O)C1SCCN1CCN(c2cc3c(cc2F)c(=O)c(C(=O)O)cn3C2CC2)CC1. The molecule has 3 fully saturated rings. The zero-order valence-corrected chi connectivity index (χ0v) is 26.6. The Labute approximate surface area is 272 Å². The fourth-order valence-electron chi connectivity index (χ4n) is 5.78. The minimum absolute atomic E-state index is 0.0281. The Bertz CT molecular complexity index is 1880. The molecular weight excluding hydrogens is 657 g/mol. The van der Waals surface area contributed by atoms with Crippen LogP contribution in [0.2, 0.25) is 0 Å². The number of pyridine rings is 1. The van der Waals surface area contributed by atoms with E-state index in [0.29, 0.717) is 59.7 Å². The number of fused-ring (bicyclic) bond motifs is 1. The maximum atomic E-state index is 15.3. The molecule has 2 saturated heterocycles. The van der Waals surface area contributed by atoms with Crippen LogP contribution >= 0.6 is 11.8 Å². The average molecular weight is 690 g/mol. The van der Waals surface area contributed by atoms with Crippen molar-refractivity contribution in [2.75, 3.05) is 50.0 Å². The highest BCUT2D eigenvalue weighted by molar-refractivity contribution is 8.00. The van der Waals surface area contributed by atoms with E-state index >= 15 is 4.39 Å². The van der Waals surface area contributed by atoms with Crippen molar-refractivity contribution in [2.24, 2.45) is 0 Å². The second-order valence-corrected chi connectivity index (χ2v) is 14.0. The van der Waals surface area contributed by atoms with Gasteiger partial charge in [-0.05, 0) is 37.1 Å². The topological polar surface area (TPSA) is 179 Å². The van der Waals surface area contributed by atoms with Crippen LogP contribution in [0.15, 0.2) is 53.5 Å². The summed E-state index contributed by atoms with van der Waals surface area (Å²) in [6.45, 7) is 2.07. The van der Waals surface area contributed by atoms with E-state index in [1.54, 1.807) is 41.0 Å². The van der Waals surface area contributed by atoms with Gasteiger partial charge in [-0.2, -0.15) is 12.7 Å². The summed E-state index contributed by atoms with van der Waals surface area (Å²) in [7, 11) is -4.84. The zero-order chi connectivity index (χ0) is 33.5. The van der Waals surface area contributed by atoms with E-state index in [4.69, 9.17) is 4.74 Å². The number of anilines is 1. The van der Waals surface area contributed by atoms with Gasteiger partial charge in [0.15, 0.2) is 6.61 Å². The number of thioether (sulfide) groups is 1. The molecule has 47 heavy (non-hydrogen) atoms. The summed E-state index contributed by atoms with van der Waals surface area (Å²) in [6, 6.07) is 10.2. The van der Waals surface area contributed by atoms with Crippen LogP contribution in [-0.2, 0) is 19.9 Å². The van der Waals surface area contributed by atoms with Crippen molar-refractivity contribution in [3.8, 4) is 5.75 Å². The number of ether oxygens (including phenoxy) is 1. The third-order valence-electron chi connectivity index (χ3n) is 8.36. The Balaban J connectivity index is 1.06. The van der Waals surface area contributed by atoms with E-state index in [1.165, 1.54) is 6.20 Å². The highest BCUT2D eigenvalue weighted by Gasteiger charge is 2.54. The molecule has 2 aliphatic heterocycles. The van der Waals surface area contributed by atoms with E-state index in [2.05, 4.69) is 10.2 Å². The number of hydrogen-bond donors (Lipinski definition) is 3. The third-order valence-corrected chi connectivity index (χ3v) is 10.6. The Morgan fingerprint density at radius 3 is 2.40 bits per heavy atom. The maximum absolute atomic E-state index is 15.3. The minimum Gasteiger partial charge on any atom is -0.484 e. The second-order valence-electron chi connectivity index (χ2n) is 11.5. The fourth-order valence-corrected chi connectivity index (χ4v) is 8.24. The van der Waals surface area contributed by atoms with Crippen molar-refractivity contribution in [3.63, 3.8) is 0 Å². The van der Waals surface area contributed by atoms with Crippen LogP contribution in [0.5, 0.6) is 5.75 Å². The first-order chi connectivity index (χ1) is 22.4. The molecule has 3 aromatic rings. The number of piperazine rings is 1. The summed E-state index contributed by atoms with van der Waals surface area (Å²) in [5.74, 6) is -2.74. The molecule has 3 N–H and O–H groups in total. The predicted octanol–water partition coefficient (Wildman–Crippen LogP) is 1.56. The number of para-hydroxylation sites is 1. The highest BCUT2D eigenvalue weighted by atomic mass is 32.2. The summed E-state index contributed by atoms with van der Waals surface area (Å²) in [4.78, 5) is 53.3. The van der Waals surface area contributed by atoms with Crippen LogP contribution < -0.4 is 20.4 Å². The maximum Gasteiger partial charge on any atom is 0.363 e. The number of nitrogens with zero attached hydrogens (tertiary/aromatic N) is 4. The predicted molar refractivity (Wildman–Crippen MR) is 171 cm³/mol. The summed E-state index contributed by atoms with van der Waals surface area (Å²) in [6.07, 6.45) is 3.02. The number of benzene rings is 2. The Morgan fingerprint density at radius 1 is 1.06 bits per heavy atom. The lowest BCUT2D eigenvalue weighted by Crippen LogP contribution is -2.71. The fraction of sp³-hybridized carbons (Fsp3) is 0.400. The number of halogens is 1. The van der Waals surface area contributed by atoms with Gasteiger partial charge in [0, 0.05) is 56.1 Å². The molecule has 2 atom stereocenters. The number of hydrogen-bond acceptors (Lipinski definition) is 10. The second kappa shape index (κ2) is 13.1. The van der Waals surface area contributed by atoms with Gasteiger partial charge in [0.1, 0.15) is 28.5 Å². The first kappa shape index (κ1) is 32.7. The lowest BCUT2D eigenvalue weighted by molar-refractivity contribution is -0.142. The number of nitrogens with one attached hydrogen (secondary N) is 1. The van der Waals surface area contributed by atoms with Gasteiger partial charge in [0.25, 0.3) is 11.8 Å². The normalized spacial score (nSPS) is 20.3. The van der Waals surface area contributed by atoms with Crippen molar-refractivity contribution in [2.45, 2.75) is 30.3 Å². The lowest BCUT2D eigenvalue weighted by atomic mass is 10.1. The minimum atomic E-state index is -4.84. The van der Waals surface area contributed by atoms with Crippen LogP contribution in [-0.4, -0.2) is 106 Å². The Kier molecular flexibility index (Phi) is 9.15. The molecule has 17 heteroatoms. The number of carboxylic acid groups (broad SMARTS) is 1. The van der Waals surface area contributed by atoms with Crippen LogP contribution in [0.4, 0.5) is 10.1 Å². The molecule has 2 aromatic carbocycles. The van der Waals surface area contributed by atoms with Gasteiger partial charge in [-0.3, -0.25) is 23.8 Å². The number of amides is 2. The van der Waals surface area contributed by atoms with Crippen molar-refractivity contribution < 1.29 is 41.6 Å². The van der Waals surface area contributed by atoms with Crippen molar-refractivity contribution in [1.29, 1.82) is 0 Å². The molecule has 2 amide bonds. The molecule has 3 aliphatic rings. The molecule has 0 bridgehead atoms. The molecular formula is C30H32FN5O9S2. The molecule has 6 rings (SSSR count). The number of aromatic carboxylic acids is 1. The van der Waals surface area contributed by atoms with E-state index in [9.17, 15) is 37.3 Å². The van der Waals surface area contributed by atoms with Crippen LogP contribution in [0, 0.1) is 5.82 Å². The molecule has 3 heterocycles. The standard InChI is InChI=1S/C30H32FN5O9S2/c31-22-14-20-23(35(18-6-7-18)16-21(27(20)38)30(40)41)15-24(22)34-10-8-33(9-11-34)12-13-46-29-26(28(39)36(29)47(42,43)44)32-25(37)17-45-19-4-2-1-3-5-19/h1-5,14-16,18,26,29H,6-13,17H2,(H,32,37)(H,40,41)(H,42,43,44)/t26-,29?/m0/s1. The number of rotatable bonds is 12.